The van der Waals surface area contributed by atoms with E-state index in [1.165, 1.54) is 0 Å². The molecule has 0 saturated heterocycles. The van der Waals surface area contributed by atoms with E-state index in [2.05, 4.69) is 6.92 Å². The summed E-state index contributed by atoms with van der Waals surface area (Å²) in [6.45, 7) is 3.82. The first-order valence-corrected chi connectivity index (χ1v) is 8.22. The number of ketones is 1. The summed E-state index contributed by atoms with van der Waals surface area (Å²) in [5, 5.41) is 29.2. The molecule has 0 amide bonds. The lowest BCUT2D eigenvalue weighted by molar-refractivity contribution is -0.146. The Bertz CT molecular complexity index is 404. The number of carbonyl (C=O) groups is 2. The summed E-state index contributed by atoms with van der Waals surface area (Å²) >= 11 is 0. The third-order valence-corrected chi connectivity index (χ3v) is 4.49. The number of unbranched alkanes of at least 4 members (excludes halogenated alkanes) is 2. The SMILES string of the molecule is CCCCCC(O)C=CC1C(O)CC(=O)C1C(CC)C(=O)O. The number of hydrogen-bond donors (Lipinski definition) is 3. The molecule has 5 atom stereocenters. The molecule has 1 aliphatic rings. The molecule has 126 valence electrons. The highest BCUT2D eigenvalue weighted by molar-refractivity contribution is 5.89. The fourth-order valence-corrected chi connectivity index (χ4v) is 3.21. The standard InChI is InChI=1S/C17H28O5/c1-3-5-6-7-11(18)8-9-13-14(19)10-15(20)16(13)12(4-2)17(21)22/h8-9,11-14,16,18-19H,3-7,10H2,1-2H3,(H,21,22). The zero-order valence-electron chi connectivity index (χ0n) is 13.4. The van der Waals surface area contributed by atoms with Crippen LogP contribution in [-0.4, -0.2) is 39.3 Å². The second kappa shape index (κ2) is 9.06. The Morgan fingerprint density at radius 3 is 2.59 bits per heavy atom. The molecular weight excluding hydrogens is 284 g/mol. The summed E-state index contributed by atoms with van der Waals surface area (Å²) in [5.74, 6) is -3.20. The first-order chi connectivity index (χ1) is 10.4. The molecule has 0 aromatic carbocycles. The summed E-state index contributed by atoms with van der Waals surface area (Å²) in [4.78, 5) is 23.4. The minimum atomic E-state index is -1.00. The van der Waals surface area contributed by atoms with Crippen molar-refractivity contribution in [2.75, 3.05) is 0 Å². The monoisotopic (exact) mass is 312 g/mol. The Balaban J connectivity index is 2.76. The molecule has 5 unspecified atom stereocenters. The molecule has 1 fully saturated rings. The average molecular weight is 312 g/mol. The summed E-state index contributed by atoms with van der Waals surface area (Å²) in [7, 11) is 0. The van der Waals surface area contributed by atoms with Crippen molar-refractivity contribution in [1.29, 1.82) is 0 Å². The van der Waals surface area contributed by atoms with Crippen LogP contribution >= 0.6 is 0 Å². The molecule has 0 aromatic heterocycles. The third kappa shape index (κ3) is 4.92. The fourth-order valence-electron chi connectivity index (χ4n) is 3.21. The predicted octanol–water partition coefficient (Wildman–Crippen LogP) is 2.16. The molecule has 0 heterocycles. The lowest BCUT2D eigenvalue weighted by Gasteiger charge is -2.23. The fraction of sp³-hybridized carbons (Fsp3) is 0.765. The number of carboxylic acids is 1. The number of hydrogen-bond acceptors (Lipinski definition) is 4. The van der Waals surface area contributed by atoms with Crippen molar-refractivity contribution in [3.05, 3.63) is 12.2 Å². The Morgan fingerprint density at radius 1 is 1.36 bits per heavy atom. The highest BCUT2D eigenvalue weighted by Gasteiger charge is 2.46. The van der Waals surface area contributed by atoms with Crippen molar-refractivity contribution >= 4 is 11.8 Å². The number of aliphatic carboxylic acids is 1. The largest absolute Gasteiger partial charge is 0.481 e. The van der Waals surface area contributed by atoms with Crippen LogP contribution in [0.4, 0.5) is 0 Å². The van der Waals surface area contributed by atoms with Gasteiger partial charge < -0.3 is 15.3 Å². The van der Waals surface area contributed by atoms with E-state index in [0.29, 0.717) is 12.8 Å². The Hall–Kier alpha value is -1.20. The molecule has 1 rings (SSSR count). The zero-order chi connectivity index (χ0) is 16.7. The Labute approximate surface area is 132 Å². The van der Waals surface area contributed by atoms with Gasteiger partial charge in [0, 0.05) is 18.3 Å². The van der Waals surface area contributed by atoms with E-state index in [1.807, 2.05) is 0 Å². The van der Waals surface area contributed by atoms with Gasteiger partial charge in [-0.25, -0.2) is 0 Å². The van der Waals surface area contributed by atoms with Crippen LogP contribution in [0.5, 0.6) is 0 Å². The second-order valence-electron chi connectivity index (χ2n) is 6.14. The normalized spacial score (nSPS) is 28.2. The van der Waals surface area contributed by atoms with Crippen LogP contribution in [0.15, 0.2) is 12.2 Å². The van der Waals surface area contributed by atoms with E-state index in [4.69, 9.17) is 0 Å². The van der Waals surface area contributed by atoms with E-state index >= 15 is 0 Å². The van der Waals surface area contributed by atoms with Crippen molar-refractivity contribution < 1.29 is 24.9 Å². The molecule has 22 heavy (non-hydrogen) atoms. The molecule has 0 aliphatic heterocycles. The number of carboxylic acid groups (broad SMARTS) is 1. The van der Waals surface area contributed by atoms with Gasteiger partial charge in [-0.3, -0.25) is 9.59 Å². The summed E-state index contributed by atoms with van der Waals surface area (Å²) in [5.41, 5.74) is 0. The van der Waals surface area contributed by atoms with Crippen LogP contribution in [0.1, 0.15) is 52.4 Å². The Kier molecular flexibility index (Phi) is 7.76. The van der Waals surface area contributed by atoms with Gasteiger partial charge >= 0.3 is 5.97 Å². The molecule has 3 N–H and O–H groups in total. The minimum absolute atomic E-state index is 0.00458. The van der Waals surface area contributed by atoms with Crippen LogP contribution in [0, 0.1) is 17.8 Å². The molecule has 5 nitrogen and oxygen atoms in total. The van der Waals surface area contributed by atoms with Gasteiger partial charge in [0.15, 0.2) is 0 Å². The molecule has 0 aromatic rings. The molecule has 1 aliphatic carbocycles. The number of aliphatic hydroxyl groups excluding tert-OH is 2. The molecule has 1 saturated carbocycles. The predicted molar refractivity (Wildman–Crippen MR) is 83.3 cm³/mol. The number of aliphatic hydroxyl groups is 2. The van der Waals surface area contributed by atoms with Crippen molar-refractivity contribution in [2.24, 2.45) is 17.8 Å². The van der Waals surface area contributed by atoms with Crippen molar-refractivity contribution in [2.45, 2.75) is 64.6 Å². The van der Waals surface area contributed by atoms with Gasteiger partial charge in [-0.05, 0) is 12.8 Å². The summed E-state index contributed by atoms with van der Waals surface area (Å²) in [6.07, 6.45) is 5.81. The number of carbonyl (C=O) groups excluding carboxylic acids is 1. The van der Waals surface area contributed by atoms with Gasteiger partial charge in [-0.2, -0.15) is 0 Å². The van der Waals surface area contributed by atoms with Crippen molar-refractivity contribution in [3.63, 3.8) is 0 Å². The maximum atomic E-state index is 12.0. The minimum Gasteiger partial charge on any atom is -0.481 e. The van der Waals surface area contributed by atoms with Crippen LogP contribution in [0.2, 0.25) is 0 Å². The zero-order valence-corrected chi connectivity index (χ0v) is 13.4. The molecule has 0 bridgehead atoms. The van der Waals surface area contributed by atoms with Gasteiger partial charge in [0.2, 0.25) is 0 Å². The highest BCUT2D eigenvalue weighted by Crippen LogP contribution is 2.37. The Morgan fingerprint density at radius 2 is 2.05 bits per heavy atom. The number of rotatable bonds is 9. The molecular formula is C17H28O5. The van der Waals surface area contributed by atoms with Gasteiger partial charge in [-0.1, -0.05) is 45.3 Å². The average Bonchev–Trinajstić information content (AvgIpc) is 2.72. The highest BCUT2D eigenvalue weighted by atomic mass is 16.4. The van der Waals surface area contributed by atoms with E-state index in [1.54, 1.807) is 19.1 Å². The van der Waals surface area contributed by atoms with E-state index in [-0.39, 0.29) is 12.2 Å². The van der Waals surface area contributed by atoms with Crippen LogP contribution in [0.25, 0.3) is 0 Å². The molecule has 0 radical (unpaired) electrons. The van der Waals surface area contributed by atoms with Gasteiger partial charge in [0.05, 0.1) is 18.1 Å². The van der Waals surface area contributed by atoms with E-state index < -0.39 is 35.9 Å². The van der Waals surface area contributed by atoms with Crippen LogP contribution in [-0.2, 0) is 9.59 Å². The van der Waals surface area contributed by atoms with Gasteiger partial charge in [-0.15, -0.1) is 0 Å². The summed E-state index contributed by atoms with van der Waals surface area (Å²) < 4.78 is 0. The molecule has 5 heteroatoms. The van der Waals surface area contributed by atoms with E-state index in [0.717, 1.165) is 19.3 Å². The maximum Gasteiger partial charge on any atom is 0.307 e. The second-order valence-corrected chi connectivity index (χ2v) is 6.14. The quantitative estimate of drug-likeness (QED) is 0.448. The third-order valence-electron chi connectivity index (χ3n) is 4.49. The van der Waals surface area contributed by atoms with Gasteiger partial charge in [0.1, 0.15) is 5.78 Å². The number of Topliss-reactive ketones (excluding diaryl/α,β-unsaturated/α-hetero) is 1. The topological polar surface area (TPSA) is 94.8 Å². The van der Waals surface area contributed by atoms with Gasteiger partial charge in [0.25, 0.3) is 0 Å². The van der Waals surface area contributed by atoms with Crippen molar-refractivity contribution in [3.8, 4) is 0 Å². The lowest BCUT2D eigenvalue weighted by atomic mass is 9.81. The summed E-state index contributed by atoms with van der Waals surface area (Å²) in [6, 6.07) is 0. The molecule has 0 spiro atoms. The maximum absolute atomic E-state index is 12.0. The first kappa shape index (κ1) is 18.8. The smallest absolute Gasteiger partial charge is 0.307 e. The van der Waals surface area contributed by atoms with Crippen LogP contribution in [0.3, 0.4) is 0 Å². The van der Waals surface area contributed by atoms with Crippen LogP contribution < -0.4 is 0 Å². The first-order valence-electron chi connectivity index (χ1n) is 8.22. The lowest BCUT2D eigenvalue weighted by Crippen LogP contribution is -2.31. The van der Waals surface area contributed by atoms with E-state index in [9.17, 15) is 24.9 Å². The van der Waals surface area contributed by atoms with Crippen molar-refractivity contribution in [1.82, 2.24) is 0 Å².